The average Bonchev–Trinajstić information content (AvgIpc) is 2.70. The van der Waals surface area contributed by atoms with E-state index in [2.05, 4.69) is 5.10 Å². The van der Waals surface area contributed by atoms with Gasteiger partial charge in [-0.15, -0.1) is 0 Å². The topological polar surface area (TPSA) is 38.0 Å². The van der Waals surface area contributed by atoms with Crippen molar-refractivity contribution in [1.82, 2.24) is 9.78 Å². The molecule has 4 heteroatoms. The van der Waals surface area contributed by atoms with Crippen LogP contribution in [-0.2, 0) is 6.54 Å². The molecule has 1 aromatic heterocycles. The van der Waals surface area contributed by atoms with E-state index in [9.17, 15) is 5.11 Å². The molecule has 1 unspecified atom stereocenters. The molecule has 1 heterocycles. The summed E-state index contributed by atoms with van der Waals surface area (Å²) in [5.41, 5.74) is 2.64. The molecule has 0 spiro atoms. The van der Waals surface area contributed by atoms with E-state index in [0.717, 1.165) is 11.1 Å². The lowest BCUT2D eigenvalue weighted by Crippen LogP contribution is -2.09. The van der Waals surface area contributed by atoms with Crippen molar-refractivity contribution >= 4 is 11.6 Å². The van der Waals surface area contributed by atoms with E-state index in [1.165, 1.54) is 0 Å². The van der Waals surface area contributed by atoms with Crippen molar-refractivity contribution in [2.24, 2.45) is 0 Å². The molecule has 1 N–H and O–H groups in total. The Morgan fingerprint density at radius 1 is 1.35 bits per heavy atom. The molecule has 2 rings (SSSR count). The zero-order valence-electron chi connectivity index (χ0n) is 9.89. The van der Waals surface area contributed by atoms with Crippen molar-refractivity contribution in [2.45, 2.75) is 26.5 Å². The van der Waals surface area contributed by atoms with Crippen LogP contribution in [0.4, 0.5) is 0 Å². The Morgan fingerprint density at radius 3 is 2.59 bits per heavy atom. The van der Waals surface area contributed by atoms with Crippen molar-refractivity contribution < 1.29 is 5.11 Å². The maximum absolute atomic E-state index is 10.3. The number of aromatic nitrogens is 2. The quantitative estimate of drug-likeness (QED) is 0.910. The molecule has 0 saturated carbocycles. The molecule has 0 amide bonds. The van der Waals surface area contributed by atoms with E-state index in [1.54, 1.807) is 10.9 Å². The van der Waals surface area contributed by atoms with Gasteiger partial charge >= 0.3 is 0 Å². The summed E-state index contributed by atoms with van der Waals surface area (Å²) in [6.45, 7) is 4.67. The number of aryl methyl sites for hydroxylation is 2. The van der Waals surface area contributed by atoms with E-state index in [0.29, 0.717) is 17.3 Å². The Hall–Kier alpha value is -1.32. The molecule has 0 aliphatic rings. The second kappa shape index (κ2) is 4.90. The Labute approximate surface area is 106 Å². The van der Waals surface area contributed by atoms with Gasteiger partial charge in [0.1, 0.15) is 6.10 Å². The SMILES string of the molecule is CCn1ncc(Cl)c1C(O)c1ccc(C)cc1. The number of aliphatic hydroxyl groups excluding tert-OH is 1. The maximum Gasteiger partial charge on any atom is 0.122 e. The first kappa shape index (κ1) is 12.1. The Kier molecular flexibility index (Phi) is 3.50. The van der Waals surface area contributed by atoms with Crippen LogP contribution < -0.4 is 0 Å². The molecule has 90 valence electrons. The molecular formula is C13H15ClN2O. The van der Waals surface area contributed by atoms with Crippen LogP contribution >= 0.6 is 11.6 Å². The summed E-state index contributed by atoms with van der Waals surface area (Å²) in [5, 5.41) is 14.9. The normalized spacial score (nSPS) is 12.7. The van der Waals surface area contributed by atoms with Crippen molar-refractivity contribution in [3.05, 3.63) is 52.3 Å². The van der Waals surface area contributed by atoms with E-state index < -0.39 is 6.10 Å². The second-order valence-corrected chi connectivity index (χ2v) is 4.41. The highest BCUT2D eigenvalue weighted by molar-refractivity contribution is 6.31. The number of hydrogen-bond acceptors (Lipinski definition) is 2. The number of aliphatic hydroxyl groups is 1. The molecule has 0 fully saturated rings. The standard InChI is InChI=1S/C13H15ClN2O/c1-3-16-12(11(14)8-15-16)13(17)10-6-4-9(2)5-7-10/h4-8,13,17H,3H2,1-2H3. The summed E-state index contributed by atoms with van der Waals surface area (Å²) < 4.78 is 1.72. The minimum Gasteiger partial charge on any atom is -0.382 e. The number of rotatable bonds is 3. The number of nitrogens with zero attached hydrogens (tertiary/aromatic N) is 2. The number of halogens is 1. The third kappa shape index (κ3) is 2.35. The molecule has 0 aliphatic heterocycles. The summed E-state index contributed by atoms with van der Waals surface area (Å²) in [4.78, 5) is 0. The first-order chi connectivity index (χ1) is 8.13. The molecule has 0 bridgehead atoms. The van der Waals surface area contributed by atoms with E-state index in [1.807, 2.05) is 38.1 Å². The molecule has 2 aromatic rings. The van der Waals surface area contributed by atoms with Gasteiger partial charge in [0.15, 0.2) is 0 Å². The van der Waals surface area contributed by atoms with Gasteiger partial charge in [-0.25, -0.2) is 0 Å². The van der Waals surface area contributed by atoms with Crippen LogP contribution in [0.2, 0.25) is 5.02 Å². The molecule has 0 radical (unpaired) electrons. The monoisotopic (exact) mass is 250 g/mol. The summed E-state index contributed by atoms with van der Waals surface area (Å²) in [6, 6.07) is 7.75. The van der Waals surface area contributed by atoms with Gasteiger partial charge in [0.25, 0.3) is 0 Å². The predicted octanol–water partition coefficient (Wildman–Crippen LogP) is 2.95. The Bertz CT molecular complexity index is 505. The summed E-state index contributed by atoms with van der Waals surface area (Å²) >= 11 is 6.06. The molecule has 17 heavy (non-hydrogen) atoms. The van der Waals surface area contributed by atoms with Gasteiger partial charge in [-0.2, -0.15) is 5.10 Å². The van der Waals surface area contributed by atoms with Crippen LogP contribution in [0, 0.1) is 6.92 Å². The predicted molar refractivity (Wildman–Crippen MR) is 68.2 cm³/mol. The Balaban J connectivity index is 2.39. The van der Waals surface area contributed by atoms with Crippen molar-refractivity contribution in [1.29, 1.82) is 0 Å². The van der Waals surface area contributed by atoms with Gasteiger partial charge in [-0.3, -0.25) is 4.68 Å². The largest absolute Gasteiger partial charge is 0.382 e. The third-order valence-electron chi connectivity index (χ3n) is 2.78. The lowest BCUT2D eigenvalue weighted by Gasteiger charge is -2.13. The highest BCUT2D eigenvalue weighted by Gasteiger charge is 2.18. The smallest absolute Gasteiger partial charge is 0.122 e. The van der Waals surface area contributed by atoms with E-state index in [-0.39, 0.29) is 0 Å². The average molecular weight is 251 g/mol. The fourth-order valence-corrected chi connectivity index (χ4v) is 2.05. The van der Waals surface area contributed by atoms with Gasteiger partial charge in [-0.05, 0) is 19.4 Å². The highest BCUT2D eigenvalue weighted by atomic mass is 35.5. The van der Waals surface area contributed by atoms with Crippen molar-refractivity contribution in [3.63, 3.8) is 0 Å². The lowest BCUT2D eigenvalue weighted by atomic mass is 10.0. The molecule has 0 aliphatic carbocycles. The summed E-state index contributed by atoms with van der Waals surface area (Å²) in [7, 11) is 0. The van der Waals surface area contributed by atoms with Gasteiger partial charge in [0.05, 0.1) is 16.9 Å². The van der Waals surface area contributed by atoms with Crippen LogP contribution in [0.3, 0.4) is 0 Å². The fourth-order valence-electron chi connectivity index (χ4n) is 1.80. The molecule has 1 aromatic carbocycles. The van der Waals surface area contributed by atoms with Gasteiger partial charge in [0.2, 0.25) is 0 Å². The van der Waals surface area contributed by atoms with Gasteiger partial charge in [-0.1, -0.05) is 41.4 Å². The van der Waals surface area contributed by atoms with Crippen LogP contribution in [0.15, 0.2) is 30.5 Å². The molecule has 1 atom stereocenters. The van der Waals surface area contributed by atoms with Crippen LogP contribution in [0.5, 0.6) is 0 Å². The zero-order chi connectivity index (χ0) is 12.4. The number of benzene rings is 1. The second-order valence-electron chi connectivity index (χ2n) is 4.01. The van der Waals surface area contributed by atoms with Crippen LogP contribution in [0.25, 0.3) is 0 Å². The molecule has 3 nitrogen and oxygen atoms in total. The number of hydrogen-bond donors (Lipinski definition) is 1. The first-order valence-electron chi connectivity index (χ1n) is 5.59. The highest BCUT2D eigenvalue weighted by Crippen LogP contribution is 2.28. The van der Waals surface area contributed by atoms with Gasteiger partial charge < -0.3 is 5.11 Å². The molecule has 0 saturated heterocycles. The van der Waals surface area contributed by atoms with Crippen LogP contribution in [0.1, 0.15) is 29.8 Å². The van der Waals surface area contributed by atoms with E-state index in [4.69, 9.17) is 11.6 Å². The summed E-state index contributed by atoms with van der Waals surface area (Å²) in [5.74, 6) is 0. The van der Waals surface area contributed by atoms with Crippen molar-refractivity contribution in [2.75, 3.05) is 0 Å². The zero-order valence-corrected chi connectivity index (χ0v) is 10.6. The van der Waals surface area contributed by atoms with Gasteiger partial charge in [0, 0.05) is 6.54 Å². The molecular weight excluding hydrogens is 236 g/mol. The lowest BCUT2D eigenvalue weighted by molar-refractivity contribution is 0.208. The van der Waals surface area contributed by atoms with Crippen molar-refractivity contribution in [3.8, 4) is 0 Å². The fraction of sp³-hybridized carbons (Fsp3) is 0.308. The maximum atomic E-state index is 10.3. The first-order valence-corrected chi connectivity index (χ1v) is 5.97. The van der Waals surface area contributed by atoms with E-state index >= 15 is 0 Å². The third-order valence-corrected chi connectivity index (χ3v) is 3.08. The van der Waals surface area contributed by atoms with Crippen LogP contribution in [-0.4, -0.2) is 14.9 Å². The summed E-state index contributed by atoms with van der Waals surface area (Å²) in [6.07, 6.45) is 0.836. The Morgan fingerprint density at radius 2 is 2.00 bits per heavy atom. The minimum absolute atomic E-state index is 0.500. The minimum atomic E-state index is -0.731.